The molecule has 0 aromatic carbocycles. The predicted octanol–water partition coefficient (Wildman–Crippen LogP) is 1.96. The van der Waals surface area contributed by atoms with Gasteiger partial charge in [-0.15, -0.1) is 0 Å². The largest absolute Gasteiger partial charge is 0.385 e. The summed E-state index contributed by atoms with van der Waals surface area (Å²) in [5.41, 5.74) is 0.407. The van der Waals surface area contributed by atoms with Crippen LogP contribution in [0.3, 0.4) is 0 Å². The molecule has 2 atom stereocenters. The molecule has 0 spiro atoms. The molecule has 0 aliphatic carbocycles. The molecule has 0 amide bonds. The van der Waals surface area contributed by atoms with Gasteiger partial charge < -0.3 is 10.4 Å². The Labute approximate surface area is 89.0 Å². The van der Waals surface area contributed by atoms with Crippen LogP contribution in [0.25, 0.3) is 0 Å². The van der Waals surface area contributed by atoms with Gasteiger partial charge in [-0.05, 0) is 48.7 Å². The molecule has 3 heteroatoms. The molecule has 1 aliphatic heterocycles. The lowest BCUT2D eigenvalue weighted by atomic mass is 9.80. The highest BCUT2D eigenvalue weighted by molar-refractivity contribution is 7.08. The molecule has 1 fully saturated rings. The monoisotopic (exact) mass is 211 g/mol. The van der Waals surface area contributed by atoms with Gasteiger partial charge in [0.25, 0.3) is 0 Å². The van der Waals surface area contributed by atoms with Crippen molar-refractivity contribution in [2.45, 2.75) is 25.4 Å². The fraction of sp³-hybridized carbons (Fsp3) is 0.636. The van der Waals surface area contributed by atoms with E-state index < -0.39 is 5.60 Å². The van der Waals surface area contributed by atoms with Gasteiger partial charge in [-0.25, -0.2) is 0 Å². The van der Waals surface area contributed by atoms with Crippen LogP contribution >= 0.6 is 11.3 Å². The average molecular weight is 211 g/mol. The molecule has 14 heavy (non-hydrogen) atoms. The molecule has 2 rings (SSSR count). The smallest absolute Gasteiger partial charge is 0.0916 e. The van der Waals surface area contributed by atoms with Crippen LogP contribution in [0.15, 0.2) is 16.8 Å². The molecule has 1 aliphatic rings. The second-order valence-corrected chi connectivity index (χ2v) is 4.98. The molecule has 2 heterocycles. The third-order valence-electron chi connectivity index (χ3n) is 3.20. The number of nitrogens with one attached hydrogen (secondary N) is 1. The summed E-state index contributed by atoms with van der Waals surface area (Å²) in [6.07, 6.45) is 2.29. The zero-order valence-corrected chi connectivity index (χ0v) is 9.31. The van der Waals surface area contributed by atoms with Crippen molar-refractivity contribution in [3.05, 3.63) is 22.4 Å². The summed E-state index contributed by atoms with van der Waals surface area (Å²) in [6.45, 7) is 3.96. The van der Waals surface area contributed by atoms with Crippen molar-refractivity contribution in [2.75, 3.05) is 13.1 Å². The number of piperidine rings is 1. The van der Waals surface area contributed by atoms with Gasteiger partial charge in [0.05, 0.1) is 5.60 Å². The number of aliphatic hydroxyl groups is 1. The second-order valence-electron chi connectivity index (χ2n) is 4.20. The maximum Gasteiger partial charge on any atom is 0.0916 e. The third-order valence-corrected chi connectivity index (χ3v) is 3.88. The minimum absolute atomic E-state index is 0.353. The zero-order valence-electron chi connectivity index (χ0n) is 8.49. The van der Waals surface area contributed by atoms with Gasteiger partial charge in [-0.2, -0.15) is 11.3 Å². The van der Waals surface area contributed by atoms with E-state index in [1.165, 1.54) is 6.42 Å². The van der Waals surface area contributed by atoms with Crippen LogP contribution in [0.4, 0.5) is 0 Å². The molecule has 1 saturated heterocycles. The Morgan fingerprint density at radius 3 is 3.07 bits per heavy atom. The van der Waals surface area contributed by atoms with E-state index in [0.29, 0.717) is 5.92 Å². The van der Waals surface area contributed by atoms with Crippen molar-refractivity contribution in [2.24, 2.45) is 5.92 Å². The highest BCUT2D eigenvalue weighted by atomic mass is 32.1. The SMILES string of the molecule is CC(O)(c1ccsc1)C1CCCNC1. The fourth-order valence-corrected chi connectivity index (χ4v) is 2.89. The van der Waals surface area contributed by atoms with E-state index in [-0.39, 0.29) is 0 Å². The summed E-state index contributed by atoms with van der Waals surface area (Å²) in [7, 11) is 0. The minimum Gasteiger partial charge on any atom is -0.385 e. The van der Waals surface area contributed by atoms with Gasteiger partial charge in [0.2, 0.25) is 0 Å². The summed E-state index contributed by atoms with van der Waals surface area (Å²) in [6, 6.07) is 2.03. The molecule has 78 valence electrons. The van der Waals surface area contributed by atoms with E-state index in [0.717, 1.165) is 25.1 Å². The predicted molar refractivity (Wildman–Crippen MR) is 59.5 cm³/mol. The minimum atomic E-state index is -0.659. The number of rotatable bonds is 2. The molecule has 1 aromatic rings. The van der Waals surface area contributed by atoms with Gasteiger partial charge in [0.15, 0.2) is 0 Å². The van der Waals surface area contributed by atoms with Crippen molar-refractivity contribution in [3.63, 3.8) is 0 Å². The van der Waals surface area contributed by atoms with Crippen LogP contribution in [0.2, 0.25) is 0 Å². The van der Waals surface area contributed by atoms with Crippen molar-refractivity contribution in [1.29, 1.82) is 0 Å². The van der Waals surface area contributed by atoms with Crippen molar-refractivity contribution >= 4 is 11.3 Å². The van der Waals surface area contributed by atoms with Gasteiger partial charge in [0.1, 0.15) is 0 Å². The molecule has 1 aromatic heterocycles. The normalized spacial score (nSPS) is 27.1. The van der Waals surface area contributed by atoms with Crippen LogP contribution in [0.1, 0.15) is 25.3 Å². The first-order chi connectivity index (χ1) is 6.71. The molecule has 0 bridgehead atoms. The summed E-state index contributed by atoms with van der Waals surface area (Å²) in [5, 5.41) is 17.9. The van der Waals surface area contributed by atoms with Crippen LogP contribution in [0.5, 0.6) is 0 Å². The first-order valence-corrected chi connectivity index (χ1v) is 6.11. The van der Waals surface area contributed by atoms with Crippen LogP contribution in [-0.4, -0.2) is 18.2 Å². The van der Waals surface area contributed by atoms with E-state index in [1.807, 2.05) is 18.4 Å². The molecule has 0 saturated carbocycles. The van der Waals surface area contributed by atoms with Crippen LogP contribution in [0, 0.1) is 5.92 Å². The molecular weight excluding hydrogens is 194 g/mol. The summed E-state index contributed by atoms with van der Waals surface area (Å²) in [4.78, 5) is 0. The van der Waals surface area contributed by atoms with Crippen molar-refractivity contribution in [3.8, 4) is 0 Å². The van der Waals surface area contributed by atoms with E-state index in [2.05, 4.69) is 10.7 Å². The Kier molecular flexibility index (Phi) is 2.91. The molecule has 2 nitrogen and oxygen atoms in total. The van der Waals surface area contributed by atoms with E-state index in [4.69, 9.17) is 0 Å². The number of thiophene rings is 1. The molecule has 2 N–H and O–H groups in total. The van der Waals surface area contributed by atoms with Gasteiger partial charge in [-0.1, -0.05) is 0 Å². The second kappa shape index (κ2) is 4.01. The summed E-state index contributed by atoms with van der Waals surface area (Å²) in [5.74, 6) is 0.353. The topological polar surface area (TPSA) is 32.3 Å². The van der Waals surface area contributed by atoms with E-state index >= 15 is 0 Å². The van der Waals surface area contributed by atoms with Crippen molar-refractivity contribution in [1.82, 2.24) is 5.32 Å². The number of hydrogen-bond acceptors (Lipinski definition) is 3. The van der Waals surface area contributed by atoms with Gasteiger partial charge >= 0.3 is 0 Å². The lowest BCUT2D eigenvalue weighted by Gasteiger charge is -2.35. The Bertz CT molecular complexity index is 275. The maximum atomic E-state index is 10.5. The van der Waals surface area contributed by atoms with Crippen LogP contribution in [-0.2, 0) is 5.60 Å². The molecule has 2 unspecified atom stereocenters. The highest BCUT2D eigenvalue weighted by Gasteiger charge is 2.34. The first kappa shape index (κ1) is 10.1. The Balaban J connectivity index is 2.14. The average Bonchev–Trinajstić information content (AvgIpc) is 2.72. The highest BCUT2D eigenvalue weighted by Crippen LogP contribution is 2.34. The van der Waals surface area contributed by atoms with Gasteiger partial charge in [0, 0.05) is 12.5 Å². The summed E-state index contributed by atoms with van der Waals surface area (Å²) >= 11 is 1.65. The Morgan fingerprint density at radius 1 is 1.64 bits per heavy atom. The standard InChI is InChI=1S/C11H17NOS/c1-11(13,10-4-6-14-8-10)9-3-2-5-12-7-9/h4,6,8-9,12-13H,2-3,5,7H2,1H3. The first-order valence-electron chi connectivity index (χ1n) is 5.17. The zero-order chi connectivity index (χ0) is 10.0. The lowest BCUT2D eigenvalue weighted by molar-refractivity contribution is -0.0152. The third kappa shape index (κ3) is 1.85. The maximum absolute atomic E-state index is 10.5. The lowest BCUT2D eigenvalue weighted by Crippen LogP contribution is -2.42. The number of hydrogen-bond donors (Lipinski definition) is 2. The molecule has 0 radical (unpaired) electrons. The molecular formula is C11H17NOS. The van der Waals surface area contributed by atoms with E-state index in [1.54, 1.807) is 11.3 Å². The van der Waals surface area contributed by atoms with Gasteiger partial charge in [-0.3, -0.25) is 0 Å². The quantitative estimate of drug-likeness (QED) is 0.783. The fourth-order valence-electron chi connectivity index (χ4n) is 2.12. The van der Waals surface area contributed by atoms with Crippen molar-refractivity contribution < 1.29 is 5.11 Å². The summed E-state index contributed by atoms with van der Waals surface area (Å²) < 4.78 is 0. The Hall–Kier alpha value is -0.380. The van der Waals surface area contributed by atoms with E-state index in [9.17, 15) is 5.11 Å². The van der Waals surface area contributed by atoms with Crippen LogP contribution < -0.4 is 5.32 Å². The Morgan fingerprint density at radius 2 is 2.50 bits per heavy atom.